The predicted molar refractivity (Wildman–Crippen MR) is 63.6 cm³/mol. The van der Waals surface area contributed by atoms with Crippen molar-refractivity contribution in [3.05, 3.63) is 0 Å². The van der Waals surface area contributed by atoms with E-state index in [1.807, 2.05) is 0 Å². The van der Waals surface area contributed by atoms with Crippen molar-refractivity contribution >= 4 is 5.91 Å². The van der Waals surface area contributed by atoms with Crippen molar-refractivity contribution < 1.29 is 14.3 Å². The van der Waals surface area contributed by atoms with Gasteiger partial charge < -0.3 is 20.5 Å². The Balaban J connectivity index is 1.91. The molecule has 1 aliphatic heterocycles. The second kappa shape index (κ2) is 5.33. The number of rotatable bonds is 3. The number of carbonyl (C=O) groups excluding carboxylic acids is 1. The van der Waals surface area contributed by atoms with Gasteiger partial charge in [-0.15, -0.1) is 0 Å². The molecule has 5 heteroatoms. The van der Waals surface area contributed by atoms with Crippen molar-refractivity contribution in [2.24, 2.45) is 5.73 Å². The van der Waals surface area contributed by atoms with Gasteiger partial charge >= 0.3 is 0 Å². The predicted octanol–water partition coefficient (Wildman–Crippen LogP) is 0.178. The summed E-state index contributed by atoms with van der Waals surface area (Å²) < 4.78 is 10.6. The molecule has 1 aliphatic carbocycles. The van der Waals surface area contributed by atoms with E-state index in [4.69, 9.17) is 15.2 Å². The van der Waals surface area contributed by atoms with Gasteiger partial charge in [0.05, 0.1) is 17.7 Å². The number of nitrogens with two attached hydrogens (primary N) is 1. The number of hydrogen-bond acceptors (Lipinski definition) is 4. The van der Waals surface area contributed by atoms with Crippen LogP contribution in [0.3, 0.4) is 0 Å². The lowest BCUT2D eigenvalue weighted by Gasteiger charge is -2.33. The highest BCUT2D eigenvalue weighted by Gasteiger charge is 2.38. The van der Waals surface area contributed by atoms with Crippen LogP contribution < -0.4 is 11.1 Å². The van der Waals surface area contributed by atoms with Gasteiger partial charge in [0.2, 0.25) is 5.91 Å². The zero-order valence-corrected chi connectivity index (χ0v) is 10.4. The zero-order chi connectivity index (χ0) is 12.3. The van der Waals surface area contributed by atoms with Gasteiger partial charge in [-0.25, -0.2) is 0 Å². The molecule has 1 saturated heterocycles. The molecule has 0 aromatic rings. The first kappa shape index (κ1) is 12.8. The highest BCUT2D eigenvalue weighted by molar-refractivity contribution is 5.86. The molecule has 2 atom stereocenters. The lowest BCUT2D eigenvalue weighted by atomic mass is 9.90. The van der Waals surface area contributed by atoms with Gasteiger partial charge in [-0.2, -0.15) is 0 Å². The quantitative estimate of drug-likeness (QED) is 0.740. The van der Waals surface area contributed by atoms with Crippen molar-refractivity contribution in [2.45, 2.75) is 49.8 Å². The maximum Gasteiger partial charge on any atom is 0.240 e. The molecule has 1 amide bonds. The van der Waals surface area contributed by atoms with Crippen LogP contribution >= 0.6 is 0 Å². The van der Waals surface area contributed by atoms with Gasteiger partial charge in [-0.3, -0.25) is 4.79 Å². The van der Waals surface area contributed by atoms with Crippen LogP contribution in [0, 0.1) is 0 Å². The van der Waals surface area contributed by atoms with E-state index in [1.54, 1.807) is 7.11 Å². The van der Waals surface area contributed by atoms with Crippen LogP contribution in [0.5, 0.6) is 0 Å². The molecular weight excluding hydrogens is 220 g/mol. The molecule has 0 aromatic heterocycles. The molecule has 0 radical (unpaired) electrons. The first-order chi connectivity index (χ1) is 8.15. The first-order valence-corrected chi connectivity index (χ1v) is 6.36. The van der Waals surface area contributed by atoms with Crippen molar-refractivity contribution in [3.8, 4) is 0 Å². The van der Waals surface area contributed by atoms with Gasteiger partial charge in [-0.1, -0.05) is 0 Å². The second-order valence-electron chi connectivity index (χ2n) is 5.05. The Morgan fingerprint density at radius 2 is 2.12 bits per heavy atom. The summed E-state index contributed by atoms with van der Waals surface area (Å²) in [5.74, 6) is -0.0465. The summed E-state index contributed by atoms with van der Waals surface area (Å²) in [5, 5.41) is 3.05. The first-order valence-electron chi connectivity index (χ1n) is 6.36. The van der Waals surface area contributed by atoms with Crippen molar-refractivity contribution in [1.29, 1.82) is 0 Å². The Kier molecular flexibility index (Phi) is 4.01. The molecule has 2 aliphatic rings. The second-order valence-corrected chi connectivity index (χ2v) is 5.05. The van der Waals surface area contributed by atoms with E-state index in [2.05, 4.69) is 5.32 Å². The lowest BCUT2D eigenvalue weighted by Crippen LogP contribution is -2.59. The summed E-state index contributed by atoms with van der Waals surface area (Å²) in [6.45, 7) is 1.14. The Morgan fingerprint density at radius 1 is 1.41 bits per heavy atom. The summed E-state index contributed by atoms with van der Waals surface area (Å²) in [4.78, 5) is 12.2. The van der Waals surface area contributed by atoms with Crippen LogP contribution in [0.15, 0.2) is 0 Å². The van der Waals surface area contributed by atoms with Crippen LogP contribution in [0.2, 0.25) is 0 Å². The van der Waals surface area contributed by atoms with E-state index >= 15 is 0 Å². The number of nitrogens with one attached hydrogen (secondary N) is 1. The van der Waals surface area contributed by atoms with Crippen LogP contribution in [-0.4, -0.2) is 43.9 Å². The highest BCUT2D eigenvalue weighted by atomic mass is 16.5. The minimum Gasteiger partial charge on any atom is -0.381 e. The van der Waals surface area contributed by atoms with Crippen LogP contribution in [0.1, 0.15) is 32.1 Å². The minimum absolute atomic E-state index is 0.0465. The fourth-order valence-corrected chi connectivity index (χ4v) is 2.65. The molecule has 0 bridgehead atoms. The molecular formula is C12H22N2O3. The molecule has 2 rings (SSSR count). The summed E-state index contributed by atoms with van der Waals surface area (Å²) in [7, 11) is 1.70. The van der Waals surface area contributed by atoms with Gasteiger partial charge in [0, 0.05) is 20.3 Å². The fourth-order valence-electron chi connectivity index (χ4n) is 2.65. The third-order valence-electron chi connectivity index (χ3n) is 3.91. The molecule has 98 valence electrons. The van der Waals surface area contributed by atoms with Gasteiger partial charge in [-0.05, 0) is 32.1 Å². The van der Waals surface area contributed by atoms with Crippen molar-refractivity contribution in [3.63, 3.8) is 0 Å². The van der Waals surface area contributed by atoms with Gasteiger partial charge in [0.1, 0.15) is 0 Å². The van der Waals surface area contributed by atoms with Crippen molar-refractivity contribution in [2.75, 3.05) is 20.3 Å². The maximum absolute atomic E-state index is 12.2. The van der Waals surface area contributed by atoms with E-state index in [1.165, 1.54) is 0 Å². The van der Waals surface area contributed by atoms with Crippen LogP contribution in [0.25, 0.3) is 0 Å². The standard InChI is InChI=1S/C12H22N2O3/c1-16-10-4-2-3-9(10)14-11(15)12(13)5-7-17-8-6-12/h9-10H,2-8,13H2,1H3,(H,14,15). The summed E-state index contributed by atoms with van der Waals surface area (Å²) in [6, 6.07) is 0.121. The van der Waals surface area contributed by atoms with Crippen LogP contribution in [-0.2, 0) is 14.3 Å². The molecule has 17 heavy (non-hydrogen) atoms. The number of ether oxygens (including phenoxy) is 2. The fraction of sp³-hybridized carbons (Fsp3) is 0.917. The molecule has 1 heterocycles. The SMILES string of the molecule is COC1CCCC1NC(=O)C1(N)CCOCC1. The Hall–Kier alpha value is -0.650. The molecule has 3 N–H and O–H groups in total. The summed E-state index contributed by atoms with van der Waals surface area (Å²) >= 11 is 0. The normalized spacial score (nSPS) is 32.4. The number of methoxy groups -OCH3 is 1. The number of amides is 1. The topological polar surface area (TPSA) is 73.6 Å². The summed E-state index contributed by atoms with van der Waals surface area (Å²) in [6.07, 6.45) is 4.44. The average molecular weight is 242 g/mol. The maximum atomic E-state index is 12.2. The van der Waals surface area contributed by atoms with Gasteiger partial charge in [0.25, 0.3) is 0 Å². The number of hydrogen-bond donors (Lipinski definition) is 2. The molecule has 2 unspecified atom stereocenters. The average Bonchev–Trinajstić information content (AvgIpc) is 2.77. The molecule has 5 nitrogen and oxygen atoms in total. The summed E-state index contributed by atoms with van der Waals surface area (Å²) in [5.41, 5.74) is 5.38. The van der Waals surface area contributed by atoms with E-state index in [9.17, 15) is 4.79 Å². The van der Waals surface area contributed by atoms with Crippen molar-refractivity contribution in [1.82, 2.24) is 5.32 Å². The monoisotopic (exact) mass is 242 g/mol. The number of carbonyl (C=O) groups is 1. The largest absolute Gasteiger partial charge is 0.381 e. The molecule has 1 saturated carbocycles. The molecule has 2 fully saturated rings. The third-order valence-corrected chi connectivity index (χ3v) is 3.91. The van der Waals surface area contributed by atoms with Crippen LogP contribution in [0.4, 0.5) is 0 Å². The minimum atomic E-state index is -0.751. The lowest BCUT2D eigenvalue weighted by molar-refractivity contribution is -0.131. The smallest absolute Gasteiger partial charge is 0.240 e. The Bertz CT molecular complexity index is 277. The molecule has 0 aromatic carbocycles. The molecule has 0 spiro atoms. The Morgan fingerprint density at radius 3 is 2.76 bits per heavy atom. The Labute approximate surface area is 102 Å². The van der Waals surface area contributed by atoms with E-state index < -0.39 is 5.54 Å². The zero-order valence-electron chi connectivity index (χ0n) is 10.4. The van der Waals surface area contributed by atoms with Gasteiger partial charge in [0.15, 0.2) is 0 Å². The van der Waals surface area contributed by atoms with E-state index in [-0.39, 0.29) is 18.1 Å². The third kappa shape index (κ3) is 2.78. The highest BCUT2D eigenvalue weighted by Crippen LogP contribution is 2.24. The van der Waals surface area contributed by atoms with E-state index in [0.29, 0.717) is 26.1 Å². The van der Waals surface area contributed by atoms with E-state index in [0.717, 1.165) is 19.3 Å².